The Kier molecular flexibility index (Phi) is 2.82. The number of aryl methyl sites for hydroxylation is 1. The van der Waals surface area contributed by atoms with Crippen molar-refractivity contribution in [2.24, 2.45) is 13.0 Å². The number of aromatic nitrogens is 2. The molecule has 0 spiro atoms. The van der Waals surface area contributed by atoms with Gasteiger partial charge in [-0.1, -0.05) is 0 Å². The van der Waals surface area contributed by atoms with E-state index in [0.29, 0.717) is 5.69 Å². The predicted molar refractivity (Wildman–Crippen MR) is 52.7 cm³/mol. The fourth-order valence-corrected chi connectivity index (χ4v) is 1.96. The molecular weight excluding hydrogens is 181 g/mol. The number of piperidine rings is 1. The zero-order chi connectivity index (χ0) is 9.97. The highest BCUT2D eigenvalue weighted by Gasteiger charge is 2.25. The van der Waals surface area contributed by atoms with Gasteiger partial charge in [-0.2, -0.15) is 5.10 Å². The maximum atomic E-state index is 13.9. The maximum absolute atomic E-state index is 13.9. The summed E-state index contributed by atoms with van der Waals surface area (Å²) in [5, 5.41) is 7.34. The molecule has 1 aromatic heterocycles. The summed E-state index contributed by atoms with van der Waals surface area (Å²) in [6.07, 6.45) is 2.73. The average molecular weight is 197 g/mol. The van der Waals surface area contributed by atoms with Crippen LogP contribution in [0.4, 0.5) is 4.39 Å². The van der Waals surface area contributed by atoms with E-state index in [9.17, 15) is 4.39 Å². The third kappa shape index (κ3) is 1.95. The van der Waals surface area contributed by atoms with Gasteiger partial charge in [0.15, 0.2) is 0 Å². The lowest BCUT2D eigenvalue weighted by Gasteiger charge is -2.24. The van der Waals surface area contributed by atoms with Gasteiger partial charge in [-0.15, -0.1) is 0 Å². The van der Waals surface area contributed by atoms with Crippen LogP contribution in [0.2, 0.25) is 0 Å². The molecule has 14 heavy (non-hydrogen) atoms. The highest BCUT2D eigenvalue weighted by molar-refractivity contribution is 5.04. The highest BCUT2D eigenvalue weighted by Crippen LogP contribution is 2.30. The van der Waals surface area contributed by atoms with Crippen molar-refractivity contribution in [3.8, 4) is 0 Å². The molecule has 1 aliphatic rings. The van der Waals surface area contributed by atoms with E-state index in [2.05, 4.69) is 10.4 Å². The van der Waals surface area contributed by atoms with Gasteiger partial charge in [0.25, 0.3) is 0 Å². The molecular formula is C10H16FN3. The Morgan fingerprint density at radius 2 is 2.29 bits per heavy atom. The molecule has 4 heteroatoms. The average Bonchev–Trinajstić information content (AvgIpc) is 2.65. The van der Waals surface area contributed by atoms with Gasteiger partial charge < -0.3 is 5.32 Å². The van der Waals surface area contributed by atoms with E-state index in [4.69, 9.17) is 0 Å². The summed E-state index contributed by atoms with van der Waals surface area (Å²) in [5.41, 5.74) is 0.583. The molecule has 78 valence electrons. The van der Waals surface area contributed by atoms with Gasteiger partial charge in [0.2, 0.25) is 0 Å². The second kappa shape index (κ2) is 4.09. The van der Waals surface area contributed by atoms with Crippen LogP contribution in [0.3, 0.4) is 0 Å². The topological polar surface area (TPSA) is 29.9 Å². The molecule has 0 bridgehead atoms. The van der Waals surface area contributed by atoms with Crippen LogP contribution in [0.5, 0.6) is 0 Å². The first-order valence-corrected chi connectivity index (χ1v) is 5.11. The largest absolute Gasteiger partial charge is 0.317 e. The van der Waals surface area contributed by atoms with Crippen molar-refractivity contribution in [3.05, 3.63) is 18.0 Å². The Balaban J connectivity index is 2.03. The fourth-order valence-electron chi connectivity index (χ4n) is 1.96. The summed E-state index contributed by atoms with van der Waals surface area (Å²) in [4.78, 5) is 0. The summed E-state index contributed by atoms with van der Waals surface area (Å²) >= 11 is 0. The number of alkyl halides is 1. The molecule has 1 N–H and O–H groups in total. The normalized spacial score (nSPS) is 21.0. The lowest BCUT2D eigenvalue weighted by Crippen LogP contribution is -2.30. The molecule has 0 saturated carbocycles. The molecule has 1 saturated heterocycles. The Morgan fingerprint density at radius 3 is 2.86 bits per heavy atom. The van der Waals surface area contributed by atoms with Crippen LogP contribution in [0.1, 0.15) is 24.7 Å². The minimum Gasteiger partial charge on any atom is -0.317 e. The van der Waals surface area contributed by atoms with Crippen molar-refractivity contribution in [2.45, 2.75) is 19.0 Å². The third-order valence-electron chi connectivity index (χ3n) is 2.81. The Morgan fingerprint density at radius 1 is 1.57 bits per heavy atom. The van der Waals surface area contributed by atoms with E-state index in [-0.39, 0.29) is 5.92 Å². The van der Waals surface area contributed by atoms with Crippen molar-refractivity contribution >= 4 is 0 Å². The van der Waals surface area contributed by atoms with Crippen LogP contribution < -0.4 is 5.32 Å². The monoisotopic (exact) mass is 197 g/mol. The quantitative estimate of drug-likeness (QED) is 0.777. The van der Waals surface area contributed by atoms with Crippen molar-refractivity contribution in [1.82, 2.24) is 15.1 Å². The standard InChI is InChI=1S/C10H16FN3/c1-14-7-4-9(13-14)10(11)8-2-5-12-6-3-8/h4,7-8,10,12H,2-3,5-6H2,1H3. The minimum atomic E-state index is -0.890. The van der Waals surface area contributed by atoms with E-state index in [1.54, 1.807) is 16.9 Å². The van der Waals surface area contributed by atoms with Crippen LogP contribution in [0.25, 0.3) is 0 Å². The molecule has 0 aromatic carbocycles. The lowest BCUT2D eigenvalue weighted by molar-refractivity contribution is 0.185. The van der Waals surface area contributed by atoms with Gasteiger partial charge >= 0.3 is 0 Å². The summed E-state index contributed by atoms with van der Waals surface area (Å²) < 4.78 is 15.6. The highest BCUT2D eigenvalue weighted by atomic mass is 19.1. The first kappa shape index (κ1) is 9.65. The first-order chi connectivity index (χ1) is 6.77. The summed E-state index contributed by atoms with van der Waals surface area (Å²) in [6, 6.07) is 1.77. The number of nitrogens with one attached hydrogen (secondary N) is 1. The number of halogens is 1. The zero-order valence-electron chi connectivity index (χ0n) is 8.41. The Hall–Kier alpha value is -0.900. The molecule has 1 aromatic rings. The van der Waals surface area contributed by atoms with Crippen LogP contribution in [0.15, 0.2) is 12.3 Å². The van der Waals surface area contributed by atoms with Gasteiger partial charge in [0, 0.05) is 13.2 Å². The predicted octanol–water partition coefficient (Wildman–Crippen LogP) is 1.43. The molecule has 1 aliphatic heterocycles. The van der Waals surface area contributed by atoms with Crippen LogP contribution in [-0.2, 0) is 7.05 Å². The second-order valence-corrected chi connectivity index (χ2v) is 3.90. The van der Waals surface area contributed by atoms with Crippen molar-refractivity contribution in [2.75, 3.05) is 13.1 Å². The van der Waals surface area contributed by atoms with Crippen LogP contribution >= 0.6 is 0 Å². The molecule has 0 amide bonds. The number of rotatable bonds is 2. The van der Waals surface area contributed by atoms with E-state index in [1.807, 2.05) is 7.05 Å². The zero-order valence-corrected chi connectivity index (χ0v) is 8.41. The van der Waals surface area contributed by atoms with Gasteiger partial charge in [-0.25, -0.2) is 4.39 Å². The first-order valence-electron chi connectivity index (χ1n) is 5.11. The SMILES string of the molecule is Cn1ccc(C(F)C2CCNCC2)n1. The Bertz CT molecular complexity index is 291. The lowest BCUT2D eigenvalue weighted by atomic mass is 9.91. The van der Waals surface area contributed by atoms with Crippen molar-refractivity contribution in [3.63, 3.8) is 0 Å². The summed E-state index contributed by atoms with van der Waals surface area (Å²) in [6.45, 7) is 1.86. The van der Waals surface area contributed by atoms with Gasteiger partial charge in [0.05, 0.1) is 5.69 Å². The van der Waals surface area contributed by atoms with Gasteiger partial charge in [-0.3, -0.25) is 4.68 Å². The molecule has 2 rings (SSSR count). The van der Waals surface area contributed by atoms with E-state index in [0.717, 1.165) is 25.9 Å². The third-order valence-corrected chi connectivity index (χ3v) is 2.81. The van der Waals surface area contributed by atoms with Crippen molar-refractivity contribution in [1.29, 1.82) is 0 Å². The van der Waals surface area contributed by atoms with Gasteiger partial charge in [0.1, 0.15) is 6.17 Å². The second-order valence-electron chi connectivity index (χ2n) is 3.90. The molecule has 3 nitrogen and oxygen atoms in total. The van der Waals surface area contributed by atoms with E-state index < -0.39 is 6.17 Å². The molecule has 1 unspecified atom stereocenters. The van der Waals surface area contributed by atoms with E-state index >= 15 is 0 Å². The summed E-state index contributed by atoms with van der Waals surface area (Å²) in [7, 11) is 1.82. The van der Waals surface area contributed by atoms with Crippen LogP contribution in [0, 0.1) is 5.92 Å². The summed E-state index contributed by atoms with van der Waals surface area (Å²) in [5.74, 6) is 0.145. The van der Waals surface area contributed by atoms with Gasteiger partial charge in [-0.05, 0) is 37.9 Å². The van der Waals surface area contributed by atoms with Crippen LogP contribution in [-0.4, -0.2) is 22.9 Å². The van der Waals surface area contributed by atoms with E-state index in [1.165, 1.54) is 0 Å². The number of hydrogen-bond acceptors (Lipinski definition) is 2. The Labute approximate surface area is 83.3 Å². The van der Waals surface area contributed by atoms with Crippen molar-refractivity contribution < 1.29 is 4.39 Å². The maximum Gasteiger partial charge on any atom is 0.147 e. The number of hydrogen-bond donors (Lipinski definition) is 1. The number of nitrogens with zero attached hydrogens (tertiary/aromatic N) is 2. The molecule has 0 radical (unpaired) electrons. The minimum absolute atomic E-state index is 0.145. The molecule has 1 atom stereocenters. The molecule has 0 aliphatic carbocycles. The molecule has 2 heterocycles. The molecule has 1 fully saturated rings. The smallest absolute Gasteiger partial charge is 0.147 e. The fraction of sp³-hybridized carbons (Fsp3) is 0.700.